The molecule has 0 radical (unpaired) electrons. The summed E-state index contributed by atoms with van der Waals surface area (Å²) in [6, 6.07) is 0. The summed E-state index contributed by atoms with van der Waals surface area (Å²) in [6.07, 6.45) is 1.05. The second-order valence-corrected chi connectivity index (χ2v) is 5.35. The first kappa shape index (κ1) is 10.3. The lowest BCUT2D eigenvalue weighted by Gasteiger charge is -2.05. The molecule has 1 N–H and O–H groups in total. The van der Waals surface area contributed by atoms with Crippen LogP contribution in [0.3, 0.4) is 0 Å². The molecular formula is C12H15NO2S. The molecule has 2 heterocycles. The summed E-state index contributed by atoms with van der Waals surface area (Å²) in [5.41, 5.74) is 2.08. The van der Waals surface area contributed by atoms with E-state index in [1.54, 1.807) is 11.3 Å². The van der Waals surface area contributed by atoms with E-state index in [0.29, 0.717) is 18.4 Å². The second-order valence-electron chi connectivity index (χ2n) is 4.44. The number of hydrogen-bond acceptors (Lipinski definition) is 4. The van der Waals surface area contributed by atoms with Gasteiger partial charge in [0, 0.05) is 22.7 Å². The molecule has 1 saturated heterocycles. The van der Waals surface area contributed by atoms with Gasteiger partial charge in [0.2, 0.25) is 0 Å². The zero-order valence-corrected chi connectivity index (χ0v) is 10.1. The van der Waals surface area contributed by atoms with Crippen molar-refractivity contribution in [1.82, 2.24) is 5.32 Å². The second kappa shape index (κ2) is 3.86. The van der Waals surface area contributed by atoms with E-state index < -0.39 is 0 Å². The maximum Gasteiger partial charge on any atom is 0.339 e. The van der Waals surface area contributed by atoms with E-state index in [9.17, 15) is 4.79 Å². The van der Waals surface area contributed by atoms with Crippen molar-refractivity contribution in [3.05, 3.63) is 21.4 Å². The van der Waals surface area contributed by atoms with Crippen molar-refractivity contribution in [2.75, 3.05) is 19.7 Å². The Hall–Kier alpha value is -0.870. The lowest BCUT2D eigenvalue weighted by atomic mass is 10.0. The molecule has 2 unspecified atom stereocenters. The zero-order chi connectivity index (χ0) is 11.1. The first-order chi connectivity index (χ1) is 7.81. The molecule has 1 aromatic rings. The molecule has 2 aliphatic rings. The largest absolute Gasteiger partial charge is 0.462 e. The third-order valence-electron chi connectivity index (χ3n) is 3.56. The Morgan fingerprint density at radius 3 is 3.31 bits per heavy atom. The van der Waals surface area contributed by atoms with Gasteiger partial charge in [-0.1, -0.05) is 0 Å². The number of esters is 1. The van der Waals surface area contributed by atoms with E-state index in [0.717, 1.165) is 25.1 Å². The lowest BCUT2D eigenvalue weighted by Crippen LogP contribution is -2.12. The fourth-order valence-corrected chi connectivity index (χ4v) is 4.09. The lowest BCUT2D eigenvalue weighted by molar-refractivity contribution is 0.0526. The number of thiophene rings is 1. The number of hydrogen-bond donors (Lipinski definition) is 1. The maximum absolute atomic E-state index is 11.8. The van der Waals surface area contributed by atoms with Crippen molar-refractivity contribution in [1.29, 1.82) is 0 Å². The Balaban J connectivity index is 1.92. The van der Waals surface area contributed by atoms with E-state index in [1.165, 1.54) is 10.4 Å². The Bertz CT molecular complexity index is 427. The number of nitrogens with one attached hydrogen (secondary N) is 1. The Labute approximate surface area is 98.8 Å². The molecule has 0 aromatic carbocycles. The topological polar surface area (TPSA) is 38.3 Å². The molecule has 3 nitrogen and oxygen atoms in total. The van der Waals surface area contributed by atoms with Crippen LogP contribution in [0.15, 0.2) is 5.38 Å². The molecule has 1 aliphatic carbocycles. The predicted octanol–water partition coefficient (Wildman–Crippen LogP) is 1.78. The molecule has 2 atom stereocenters. The van der Waals surface area contributed by atoms with Crippen LogP contribution in [0.4, 0.5) is 0 Å². The Morgan fingerprint density at radius 1 is 1.62 bits per heavy atom. The molecule has 0 amide bonds. The van der Waals surface area contributed by atoms with Crippen LogP contribution in [0.5, 0.6) is 0 Å². The summed E-state index contributed by atoms with van der Waals surface area (Å²) in [5.74, 6) is 1.20. The van der Waals surface area contributed by atoms with Crippen LogP contribution in [-0.2, 0) is 11.2 Å². The molecule has 3 rings (SSSR count). The SMILES string of the molecule is CCOC(=O)c1csc2c1CC1CNCC21. The van der Waals surface area contributed by atoms with Crippen molar-refractivity contribution >= 4 is 17.3 Å². The van der Waals surface area contributed by atoms with Gasteiger partial charge in [-0.05, 0) is 31.4 Å². The smallest absolute Gasteiger partial charge is 0.339 e. The van der Waals surface area contributed by atoms with Gasteiger partial charge in [-0.15, -0.1) is 11.3 Å². The van der Waals surface area contributed by atoms with Crippen LogP contribution in [0.25, 0.3) is 0 Å². The van der Waals surface area contributed by atoms with E-state index in [1.807, 2.05) is 12.3 Å². The number of carbonyl (C=O) groups excluding carboxylic acids is 1. The highest BCUT2D eigenvalue weighted by Crippen LogP contribution is 2.45. The molecule has 0 spiro atoms. The predicted molar refractivity (Wildman–Crippen MR) is 63.1 cm³/mol. The third-order valence-corrected chi connectivity index (χ3v) is 4.72. The molecule has 0 saturated carbocycles. The fraction of sp³-hybridized carbons (Fsp3) is 0.583. The summed E-state index contributed by atoms with van der Waals surface area (Å²) in [6.45, 7) is 4.47. The van der Waals surface area contributed by atoms with Crippen molar-refractivity contribution < 1.29 is 9.53 Å². The van der Waals surface area contributed by atoms with Crippen LogP contribution in [-0.4, -0.2) is 25.7 Å². The van der Waals surface area contributed by atoms with E-state index in [2.05, 4.69) is 5.32 Å². The summed E-state index contributed by atoms with van der Waals surface area (Å²) in [5, 5.41) is 5.39. The van der Waals surface area contributed by atoms with Gasteiger partial charge in [0.15, 0.2) is 0 Å². The Kier molecular flexibility index (Phi) is 2.48. The van der Waals surface area contributed by atoms with Crippen LogP contribution in [0.2, 0.25) is 0 Å². The molecule has 0 bridgehead atoms. The molecular weight excluding hydrogens is 222 g/mol. The Morgan fingerprint density at radius 2 is 2.50 bits per heavy atom. The summed E-state index contributed by atoms with van der Waals surface area (Å²) >= 11 is 1.73. The minimum Gasteiger partial charge on any atom is -0.462 e. The van der Waals surface area contributed by atoms with Gasteiger partial charge in [0.05, 0.1) is 12.2 Å². The molecule has 4 heteroatoms. The van der Waals surface area contributed by atoms with Crippen molar-refractivity contribution in [3.8, 4) is 0 Å². The van der Waals surface area contributed by atoms with Crippen molar-refractivity contribution in [2.24, 2.45) is 5.92 Å². The van der Waals surface area contributed by atoms with Gasteiger partial charge < -0.3 is 10.1 Å². The zero-order valence-electron chi connectivity index (χ0n) is 9.29. The monoisotopic (exact) mass is 237 g/mol. The number of ether oxygens (including phenoxy) is 1. The highest BCUT2D eigenvalue weighted by molar-refractivity contribution is 7.10. The molecule has 86 valence electrons. The fourth-order valence-electron chi connectivity index (χ4n) is 2.82. The van der Waals surface area contributed by atoms with Crippen LogP contribution in [0, 0.1) is 5.92 Å². The molecule has 1 fully saturated rings. The summed E-state index contributed by atoms with van der Waals surface area (Å²) in [7, 11) is 0. The number of carbonyl (C=O) groups is 1. The first-order valence-corrected chi connectivity index (χ1v) is 6.67. The van der Waals surface area contributed by atoms with E-state index in [4.69, 9.17) is 4.74 Å². The van der Waals surface area contributed by atoms with Gasteiger partial charge in [0.1, 0.15) is 0 Å². The van der Waals surface area contributed by atoms with E-state index >= 15 is 0 Å². The van der Waals surface area contributed by atoms with Gasteiger partial charge in [-0.2, -0.15) is 0 Å². The standard InChI is InChI=1S/C12H15NO2S/c1-2-15-12(14)10-6-16-11-8(10)3-7-4-13-5-9(7)11/h6-7,9,13H,2-5H2,1H3. The van der Waals surface area contributed by atoms with Gasteiger partial charge in [-0.3, -0.25) is 0 Å². The van der Waals surface area contributed by atoms with Crippen LogP contribution < -0.4 is 5.32 Å². The normalized spacial score (nSPS) is 26.6. The number of fused-ring (bicyclic) bond motifs is 3. The van der Waals surface area contributed by atoms with Gasteiger partial charge in [0.25, 0.3) is 0 Å². The molecule has 1 aliphatic heterocycles. The van der Waals surface area contributed by atoms with Gasteiger partial charge >= 0.3 is 5.97 Å². The quantitative estimate of drug-likeness (QED) is 0.797. The average Bonchev–Trinajstić information content (AvgIpc) is 2.87. The minimum atomic E-state index is -0.145. The van der Waals surface area contributed by atoms with Crippen molar-refractivity contribution in [2.45, 2.75) is 19.3 Å². The summed E-state index contributed by atoms with van der Waals surface area (Å²) < 4.78 is 5.09. The highest BCUT2D eigenvalue weighted by atomic mass is 32.1. The average molecular weight is 237 g/mol. The molecule has 1 aromatic heterocycles. The number of rotatable bonds is 2. The maximum atomic E-state index is 11.8. The third kappa shape index (κ3) is 1.40. The minimum absolute atomic E-state index is 0.145. The van der Waals surface area contributed by atoms with Gasteiger partial charge in [-0.25, -0.2) is 4.79 Å². The van der Waals surface area contributed by atoms with Crippen LogP contribution in [0.1, 0.15) is 33.6 Å². The van der Waals surface area contributed by atoms with Crippen molar-refractivity contribution in [3.63, 3.8) is 0 Å². The summed E-state index contributed by atoms with van der Waals surface area (Å²) in [4.78, 5) is 13.2. The first-order valence-electron chi connectivity index (χ1n) is 5.79. The van der Waals surface area contributed by atoms with E-state index in [-0.39, 0.29) is 5.97 Å². The molecule has 16 heavy (non-hydrogen) atoms. The highest BCUT2D eigenvalue weighted by Gasteiger charge is 2.39. The van der Waals surface area contributed by atoms with Crippen LogP contribution >= 0.6 is 11.3 Å².